The normalized spacial score (nSPS) is 21.5. The Morgan fingerprint density at radius 2 is 1.90 bits per heavy atom. The van der Waals surface area contributed by atoms with Crippen molar-refractivity contribution in [2.45, 2.75) is 50.5 Å². The largest absolute Gasteiger partial charge is 0.389 e. The highest BCUT2D eigenvalue weighted by Crippen LogP contribution is 2.42. The number of benzene rings is 1. The third kappa shape index (κ3) is 5.51. The lowest BCUT2D eigenvalue weighted by molar-refractivity contribution is -0.207. The van der Waals surface area contributed by atoms with Crippen LogP contribution in [0.2, 0.25) is 0 Å². The molecule has 0 bridgehead atoms. The molecule has 2 amide bonds. The van der Waals surface area contributed by atoms with Crippen molar-refractivity contribution in [3.63, 3.8) is 0 Å². The summed E-state index contributed by atoms with van der Waals surface area (Å²) in [5.74, 6) is -3.32. The van der Waals surface area contributed by atoms with E-state index in [9.17, 15) is 27.9 Å². The van der Waals surface area contributed by atoms with Crippen LogP contribution in [-0.2, 0) is 15.3 Å². The van der Waals surface area contributed by atoms with E-state index in [-0.39, 0.29) is 36.7 Å². The van der Waals surface area contributed by atoms with Crippen LogP contribution >= 0.6 is 22.6 Å². The van der Waals surface area contributed by atoms with Gasteiger partial charge in [-0.05, 0) is 50.3 Å². The van der Waals surface area contributed by atoms with Gasteiger partial charge in [0.15, 0.2) is 0 Å². The Hall–Kier alpha value is -1.40. The van der Waals surface area contributed by atoms with Crippen molar-refractivity contribution < 1.29 is 32.6 Å². The molecule has 10 heteroatoms. The highest BCUT2D eigenvalue weighted by molar-refractivity contribution is 14.1. The van der Waals surface area contributed by atoms with E-state index >= 15 is 0 Å². The predicted molar refractivity (Wildman–Crippen MR) is 117 cm³/mol. The van der Waals surface area contributed by atoms with Gasteiger partial charge in [0, 0.05) is 41.6 Å². The van der Waals surface area contributed by atoms with Gasteiger partial charge in [-0.1, -0.05) is 22.6 Å². The number of fused-ring (bicyclic) bond motifs is 1. The van der Waals surface area contributed by atoms with E-state index in [1.807, 2.05) is 0 Å². The molecule has 2 aliphatic rings. The number of hydrogen-bond acceptors (Lipinski definition) is 4. The summed E-state index contributed by atoms with van der Waals surface area (Å²) in [4.78, 5) is 28.7. The van der Waals surface area contributed by atoms with E-state index in [0.29, 0.717) is 25.1 Å². The van der Waals surface area contributed by atoms with E-state index in [1.54, 1.807) is 11.0 Å². The number of carbonyl (C=O) groups excluding carboxylic acids is 2. The fourth-order valence-electron chi connectivity index (χ4n) is 3.94. The molecule has 0 radical (unpaired) electrons. The average molecular weight is 554 g/mol. The molecule has 0 spiro atoms. The van der Waals surface area contributed by atoms with Gasteiger partial charge >= 0.3 is 6.18 Å². The average Bonchev–Trinajstić information content (AvgIpc) is 2.95. The zero-order chi connectivity index (χ0) is 22.6. The number of ether oxygens (including phenoxy) is 1. The van der Waals surface area contributed by atoms with Crippen molar-refractivity contribution >= 4 is 40.1 Å². The molecule has 3 rings (SSSR count). The van der Waals surface area contributed by atoms with Crippen molar-refractivity contribution in [3.8, 4) is 0 Å². The highest BCUT2D eigenvalue weighted by atomic mass is 127. The lowest BCUT2D eigenvalue weighted by Gasteiger charge is -2.27. The number of aliphatic hydroxyl groups is 1. The molecule has 0 aliphatic carbocycles. The van der Waals surface area contributed by atoms with Gasteiger partial charge in [-0.25, -0.2) is 0 Å². The number of carbonyl (C=O) groups is 2. The topological polar surface area (TPSA) is 70.1 Å². The summed E-state index contributed by atoms with van der Waals surface area (Å²) < 4.78 is 44.0. The fourth-order valence-corrected chi connectivity index (χ4v) is 4.25. The van der Waals surface area contributed by atoms with Crippen LogP contribution in [0.5, 0.6) is 0 Å². The second-order valence-electron chi connectivity index (χ2n) is 7.80. The van der Waals surface area contributed by atoms with Crippen molar-refractivity contribution in [3.05, 3.63) is 29.3 Å². The summed E-state index contributed by atoms with van der Waals surface area (Å²) in [6.07, 6.45) is -2.16. The van der Waals surface area contributed by atoms with Crippen LogP contribution in [0.15, 0.2) is 18.2 Å². The molecule has 0 saturated carbocycles. The molecule has 1 fully saturated rings. The number of halogens is 4. The van der Waals surface area contributed by atoms with Crippen LogP contribution in [0.3, 0.4) is 0 Å². The Kier molecular flexibility index (Phi) is 7.85. The van der Waals surface area contributed by atoms with Crippen LogP contribution < -0.4 is 4.90 Å². The van der Waals surface area contributed by atoms with Crippen LogP contribution in [0.25, 0.3) is 0 Å². The summed E-state index contributed by atoms with van der Waals surface area (Å²) in [5.41, 5.74) is 0.710. The quantitative estimate of drug-likeness (QED) is 0.229. The van der Waals surface area contributed by atoms with Gasteiger partial charge in [0.05, 0.1) is 12.3 Å². The zero-order valence-corrected chi connectivity index (χ0v) is 19.2. The summed E-state index contributed by atoms with van der Waals surface area (Å²) in [6.45, 7) is 1.19. The minimum Gasteiger partial charge on any atom is -0.354 e. The molecule has 172 valence electrons. The maximum atomic E-state index is 13.0. The van der Waals surface area contributed by atoms with E-state index in [1.165, 1.54) is 12.1 Å². The minimum absolute atomic E-state index is 0.102. The number of likely N-dealkylation sites (tertiary alicyclic amines) is 1. The summed E-state index contributed by atoms with van der Waals surface area (Å²) in [7, 11) is 0. The first-order valence-electron chi connectivity index (χ1n) is 10.4. The van der Waals surface area contributed by atoms with Crippen LogP contribution in [0, 0.1) is 0 Å². The number of anilines is 1. The Morgan fingerprint density at radius 3 is 2.55 bits per heavy atom. The number of nitrogens with zero attached hydrogens (tertiary/aromatic N) is 2. The molecule has 0 aromatic heterocycles. The molecule has 2 heterocycles. The number of amides is 2. The first kappa shape index (κ1) is 24.2. The third-order valence-electron chi connectivity index (χ3n) is 5.51. The first-order valence-corrected chi connectivity index (χ1v) is 11.9. The van der Waals surface area contributed by atoms with Crippen molar-refractivity contribution in [1.29, 1.82) is 0 Å². The molecule has 31 heavy (non-hydrogen) atoms. The Labute approximate surface area is 192 Å². The molecule has 1 N–H and O–H groups in total. The fraction of sp³-hybridized carbons (Fsp3) is 0.619. The van der Waals surface area contributed by atoms with Crippen molar-refractivity contribution in [2.24, 2.45) is 0 Å². The number of piperidine rings is 1. The Balaban J connectivity index is 1.88. The van der Waals surface area contributed by atoms with E-state index in [4.69, 9.17) is 4.74 Å². The first-order chi connectivity index (χ1) is 14.7. The molecule has 1 aromatic carbocycles. The zero-order valence-electron chi connectivity index (χ0n) is 17.1. The number of hydrogen-bond donors (Lipinski definition) is 1. The Bertz CT molecular complexity index is 814. The smallest absolute Gasteiger partial charge is 0.354 e. The van der Waals surface area contributed by atoms with Crippen LogP contribution in [-0.4, -0.2) is 58.7 Å². The van der Waals surface area contributed by atoms with E-state index in [0.717, 1.165) is 28.6 Å². The molecule has 6 nitrogen and oxygen atoms in total. The number of rotatable bonds is 8. The van der Waals surface area contributed by atoms with Gasteiger partial charge in [0.25, 0.3) is 17.6 Å². The molecule has 1 aromatic rings. The maximum Gasteiger partial charge on any atom is 0.389 e. The summed E-state index contributed by atoms with van der Waals surface area (Å²) >= 11 is 2.14. The van der Waals surface area contributed by atoms with Gasteiger partial charge in [-0.2, -0.15) is 13.2 Å². The van der Waals surface area contributed by atoms with Crippen molar-refractivity contribution in [1.82, 2.24) is 4.90 Å². The summed E-state index contributed by atoms with van der Waals surface area (Å²) in [6, 6.07) is 4.51. The minimum atomic E-state index is -4.33. The van der Waals surface area contributed by atoms with Crippen molar-refractivity contribution in [2.75, 3.05) is 35.6 Å². The highest BCUT2D eigenvalue weighted by Gasteiger charge is 2.51. The van der Waals surface area contributed by atoms with E-state index in [2.05, 4.69) is 22.6 Å². The monoisotopic (exact) mass is 554 g/mol. The molecule has 1 saturated heterocycles. The lowest BCUT2D eigenvalue weighted by Crippen LogP contribution is -2.43. The van der Waals surface area contributed by atoms with Crippen LogP contribution in [0.1, 0.15) is 54.4 Å². The third-order valence-corrected chi connectivity index (χ3v) is 6.27. The maximum absolute atomic E-state index is 13.0. The second-order valence-corrected chi connectivity index (χ2v) is 8.87. The van der Waals surface area contributed by atoms with Gasteiger partial charge in [-0.3, -0.25) is 9.59 Å². The van der Waals surface area contributed by atoms with Crippen LogP contribution in [0.4, 0.5) is 18.9 Å². The molecular formula is C21H26F3IN2O4. The molecule has 1 unspecified atom stereocenters. The molecule has 1 atom stereocenters. The molecule has 2 aliphatic heterocycles. The van der Waals surface area contributed by atoms with Gasteiger partial charge in [0.1, 0.15) is 0 Å². The number of alkyl halides is 4. The summed E-state index contributed by atoms with van der Waals surface area (Å²) in [5, 5.41) is 11.1. The predicted octanol–water partition coefficient (Wildman–Crippen LogP) is 3.99. The molecular weight excluding hydrogens is 528 g/mol. The SMILES string of the molecule is O=C(c1ccc2c(c1)C(O)(OCCCI)C(=O)N2CCCC(F)(F)F)N1CCCCC1. The second kappa shape index (κ2) is 10.0. The lowest BCUT2D eigenvalue weighted by atomic mass is 10.0. The Morgan fingerprint density at radius 1 is 1.19 bits per heavy atom. The van der Waals surface area contributed by atoms with E-state index < -0.39 is 24.3 Å². The van der Waals surface area contributed by atoms with Gasteiger partial charge in [-0.15, -0.1) is 0 Å². The van der Waals surface area contributed by atoms with Gasteiger partial charge in [0.2, 0.25) is 0 Å². The standard InChI is InChI=1S/C21H26F3IN2O4/c22-20(23,24)8-4-12-27-17-7-6-15(18(28)26-10-2-1-3-11-26)14-16(17)21(30,19(27)29)31-13-5-9-25/h6-7,14,30H,1-5,8-13H2. The van der Waals surface area contributed by atoms with Gasteiger partial charge < -0.3 is 19.6 Å².